The van der Waals surface area contributed by atoms with E-state index in [2.05, 4.69) is 46.8 Å². The number of halogens is 1. The van der Waals surface area contributed by atoms with Crippen LogP contribution in [0.2, 0.25) is 5.02 Å². The Balaban J connectivity index is 1.90. The number of rotatable bonds is 6. The number of hydrogen-bond donors (Lipinski definition) is 0. The molecule has 0 fully saturated rings. The Hall–Kier alpha value is -1.42. The molecule has 0 saturated carbocycles. The van der Waals surface area contributed by atoms with Gasteiger partial charge in [-0.15, -0.1) is 0 Å². The maximum Gasteiger partial charge on any atom is 0.0620 e. The third kappa shape index (κ3) is 3.80. The van der Waals surface area contributed by atoms with Gasteiger partial charge in [0.25, 0.3) is 0 Å². The number of nitrogens with zero attached hydrogens (tertiary/aromatic N) is 3. The van der Waals surface area contributed by atoms with E-state index in [1.165, 1.54) is 16.8 Å². The Morgan fingerprint density at radius 3 is 2.79 bits per heavy atom. The zero-order valence-corrected chi connectivity index (χ0v) is 15.3. The summed E-state index contributed by atoms with van der Waals surface area (Å²) in [5.74, 6) is 0. The van der Waals surface area contributed by atoms with E-state index in [4.69, 9.17) is 11.6 Å². The topological polar surface area (TPSA) is 19.4 Å². The van der Waals surface area contributed by atoms with E-state index < -0.39 is 0 Å². The lowest BCUT2D eigenvalue weighted by atomic mass is 9.91. The standard InChI is InChI=1S/C20H26ClN3/c1-3-23(4-2)13-14-24-12-10-19-18(9-6-11-22-19)20(24)16-7-5-8-17(21)15-16/h5-9,11,15,20H,3-4,10,12-14H2,1-2H3. The summed E-state index contributed by atoms with van der Waals surface area (Å²) in [4.78, 5) is 9.67. The van der Waals surface area contributed by atoms with Crippen LogP contribution in [0.1, 0.15) is 36.7 Å². The van der Waals surface area contributed by atoms with Gasteiger partial charge in [-0.05, 0) is 42.4 Å². The second-order valence-electron chi connectivity index (χ2n) is 6.31. The summed E-state index contributed by atoms with van der Waals surface area (Å²) in [5.41, 5.74) is 3.81. The molecule has 1 aromatic heterocycles. The molecule has 0 amide bonds. The van der Waals surface area contributed by atoms with E-state index in [1.807, 2.05) is 24.4 Å². The summed E-state index contributed by atoms with van der Waals surface area (Å²) in [6.07, 6.45) is 2.92. The first kappa shape index (κ1) is 17.4. The number of pyridine rings is 1. The van der Waals surface area contributed by atoms with Crippen molar-refractivity contribution < 1.29 is 0 Å². The largest absolute Gasteiger partial charge is 0.303 e. The first-order valence-electron chi connectivity index (χ1n) is 8.88. The molecule has 24 heavy (non-hydrogen) atoms. The van der Waals surface area contributed by atoms with Crippen molar-refractivity contribution in [3.8, 4) is 0 Å². The van der Waals surface area contributed by atoms with Gasteiger partial charge in [0.15, 0.2) is 0 Å². The second kappa shape index (κ2) is 8.11. The molecule has 0 aliphatic carbocycles. The van der Waals surface area contributed by atoms with Crippen molar-refractivity contribution in [2.24, 2.45) is 0 Å². The van der Waals surface area contributed by atoms with Crippen LogP contribution in [0.4, 0.5) is 0 Å². The Morgan fingerprint density at radius 1 is 1.21 bits per heavy atom. The molecule has 3 rings (SSSR count). The van der Waals surface area contributed by atoms with Crippen LogP contribution in [0.15, 0.2) is 42.6 Å². The average Bonchev–Trinajstić information content (AvgIpc) is 2.62. The van der Waals surface area contributed by atoms with Crippen LogP contribution < -0.4 is 0 Å². The predicted octanol–water partition coefficient (Wildman–Crippen LogP) is 4.02. The van der Waals surface area contributed by atoms with Crippen molar-refractivity contribution in [1.82, 2.24) is 14.8 Å². The van der Waals surface area contributed by atoms with Gasteiger partial charge in [0.05, 0.1) is 6.04 Å². The molecule has 1 aliphatic rings. The van der Waals surface area contributed by atoms with Crippen LogP contribution in [-0.2, 0) is 6.42 Å². The molecule has 0 N–H and O–H groups in total. The lowest BCUT2D eigenvalue weighted by Crippen LogP contribution is -2.41. The molecule has 1 aliphatic heterocycles. The van der Waals surface area contributed by atoms with Crippen LogP contribution >= 0.6 is 11.6 Å². The first-order valence-corrected chi connectivity index (χ1v) is 9.26. The van der Waals surface area contributed by atoms with E-state index in [-0.39, 0.29) is 6.04 Å². The SMILES string of the molecule is CCN(CC)CCN1CCc2ncccc2C1c1cccc(Cl)c1. The molecule has 4 heteroatoms. The summed E-state index contributed by atoms with van der Waals surface area (Å²) < 4.78 is 0. The molecule has 1 aromatic carbocycles. The first-order chi connectivity index (χ1) is 11.7. The quantitative estimate of drug-likeness (QED) is 0.789. The maximum atomic E-state index is 6.27. The van der Waals surface area contributed by atoms with Crippen molar-refractivity contribution in [2.75, 3.05) is 32.7 Å². The molecular weight excluding hydrogens is 318 g/mol. The second-order valence-corrected chi connectivity index (χ2v) is 6.75. The number of likely N-dealkylation sites (N-methyl/N-ethyl adjacent to an activating group) is 1. The third-order valence-corrected chi connectivity index (χ3v) is 5.22. The van der Waals surface area contributed by atoms with Crippen molar-refractivity contribution in [3.05, 3.63) is 64.4 Å². The molecule has 2 heterocycles. The minimum absolute atomic E-state index is 0.247. The number of fused-ring (bicyclic) bond motifs is 1. The molecule has 3 nitrogen and oxygen atoms in total. The molecule has 0 bridgehead atoms. The Bertz CT molecular complexity index is 669. The van der Waals surface area contributed by atoms with E-state index in [9.17, 15) is 0 Å². The van der Waals surface area contributed by atoms with Crippen molar-refractivity contribution in [3.63, 3.8) is 0 Å². The minimum Gasteiger partial charge on any atom is -0.303 e. The Morgan fingerprint density at radius 2 is 2.04 bits per heavy atom. The summed E-state index contributed by atoms with van der Waals surface area (Å²) in [6.45, 7) is 9.87. The van der Waals surface area contributed by atoms with Gasteiger partial charge in [0, 0.05) is 43.0 Å². The minimum atomic E-state index is 0.247. The third-order valence-electron chi connectivity index (χ3n) is 4.98. The van der Waals surface area contributed by atoms with Gasteiger partial charge in [-0.3, -0.25) is 9.88 Å². The Kier molecular flexibility index (Phi) is 5.88. The molecule has 2 aromatic rings. The monoisotopic (exact) mass is 343 g/mol. The van der Waals surface area contributed by atoms with Crippen molar-refractivity contribution >= 4 is 11.6 Å². The van der Waals surface area contributed by atoms with Gasteiger partial charge < -0.3 is 4.90 Å². The van der Waals surface area contributed by atoms with Crippen LogP contribution in [-0.4, -0.2) is 47.5 Å². The molecule has 0 spiro atoms. The highest BCUT2D eigenvalue weighted by Crippen LogP contribution is 2.34. The smallest absolute Gasteiger partial charge is 0.0620 e. The fourth-order valence-electron chi connectivity index (χ4n) is 3.60. The van der Waals surface area contributed by atoms with E-state index >= 15 is 0 Å². The normalized spacial score (nSPS) is 17.9. The summed E-state index contributed by atoms with van der Waals surface area (Å²) in [6, 6.07) is 12.8. The Labute approximate surface area is 150 Å². The van der Waals surface area contributed by atoms with Crippen LogP contribution in [0.3, 0.4) is 0 Å². The maximum absolute atomic E-state index is 6.27. The van der Waals surface area contributed by atoms with Gasteiger partial charge in [-0.1, -0.05) is 43.6 Å². The summed E-state index contributed by atoms with van der Waals surface area (Å²) in [5, 5.41) is 0.798. The average molecular weight is 344 g/mol. The van der Waals surface area contributed by atoms with Gasteiger partial charge in [0.2, 0.25) is 0 Å². The molecular formula is C20H26ClN3. The van der Waals surface area contributed by atoms with Crippen LogP contribution in [0.25, 0.3) is 0 Å². The molecule has 1 atom stereocenters. The number of aromatic nitrogens is 1. The highest BCUT2D eigenvalue weighted by Gasteiger charge is 2.29. The van der Waals surface area contributed by atoms with Crippen molar-refractivity contribution in [2.45, 2.75) is 26.3 Å². The molecule has 0 saturated heterocycles. The van der Waals surface area contributed by atoms with Gasteiger partial charge in [0.1, 0.15) is 0 Å². The molecule has 128 valence electrons. The number of benzene rings is 1. The van der Waals surface area contributed by atoms with Gasteiger partial charge in [-0.2, -0.15) is 0 Å². The fourth-order valence-corrected chi connectivity index (χ4v) is 3.80. The van der Waals surface area contributed by atoms with E-state index in [0.717, 1.165) is 44.2 Å². The van der Waals surface area contributed by atoms with Crippen molar-refractivity contribution in [1.29, 1.82) is 0 Å². The van der Waals surface area contributed by atoms with Crippen LogP contribution in [0.5, 0.6) is 0 Å². The zero-order valence-electron chi connectivity index (χ0n) is 14.6. The lowest BCUT2D eigenvalue weighted by molar-refractivity contribution is 0.175. The predicted molar refractivity (Wildman–Crippen MR) is 101 cm³/mol. The van der Waals surface area contributed by atoms with E-state index in [0.29, 0.717) is 0 Å². The highest BCUT2D eigenvalue weighted by atomic mass is 35.5. The summed E-state index contributed by atoms with van der Waals surface area (Å²) in [7, 11) is 0. The zero-order chi connectivity index (χ0) is 16.9. The number of hydrogen-bond acceptors (Lipinski definition) is 3. The molecule has 0 radical (unpaired) electrons. The lowest BCUT2D eigenvalue weighted by Gasteiger charge is -2.38. The van der Waals surface area contributed by atoms with Gasteiger partial charge >= 0.3 is 0 Å². The van der Waals surface area contributed by atoms with Crippen LogP contribution in [0, 0.1) is 0 Å². The summed E-state index contributed by atoms with van der Waals surface area (Å²) >= 11 is 6.27. The highest BCUT2D eigenvalue weighted by molar-refractivity contribution is 6.30. The van der Waals surface area contributed by atoms with E-state index in [1.54, 1.807) is 0 Å². The van der Waals surface area contributed by atoms with Gasteiger partial charge in [-0.25, -0.2) is 0 Å². The fraction of sp³-hybridized carbons (Fsp3) is 0.450. The molecule has 1 unspecified atom stereocenters.